The van der Waals surface area contributed by atoms with Gasteiger partial charge >= 0.3 is 0 Å². The zero-order chi connectivity index (χ0) is 13.9. The van der Waals surface area contributed by atoms with Gasteiger partial charge in [-0.25, -0.2) is 0 Å². The normalized spacial score (nSPS) is 12.8. The SMILES string of the molecule is Cn1cnnc1CCNCc1cc2c(cc1O)OCO2. The van der Waals surface area contributed by atoms with Crippen molar-refractivity contribution in [2.45, 2.75) is 13.0 Å². The molecule has 1 aromatic carbocycles. The van der Waals surface area contributed by atoms with Gasteiger partial charge in [-0.15, -0.1) is 10.2 Å². The van der Waals surface area contributed by atoms with Crippen molar-refractivity contribution in [2.75, 3.05) is 13.3 Å². The number of fused-ring (bicyclic) bond motifs is 1. The Bertz CT molecular complexity index is 612. The molecule has 0 amide bonds. The maximum Gasteiger partial charge on any atom is 0.231 e. The van der Waals surface area contributed by atoms with Crippen LogP contribution < -0.4 is 14.8 Å². The summed E-state index contributed by atoms with van der Waals surface area (Å²) in [6.07, 6.45) is 2.46. The van der Waals surface area contributed by atoms with Crippen LogP contribution in [-0.4, -0.2) is 33.2 Å². The van der Waals surface area contributed by atoms with E-state index in [4.69, 9.17) is 9.47 Å². The average molecular weight is 276 g/mol. The number of nitrogens with one attached hydrogen (secondary N) is 1. The van der Waals surface area contributed by atoms with Crippen LogP contribution in [0.5, 0.6) is 17.2 Å². The number of aromatic hydroxyl groups is 1. The van der Waals surface area contributed by atoms with E-state index in [1.54, 1.807) is 18.5 Å². The fourth-order valence-electron chi connectivity index (χ4n) is 2.07. The Hall–Kier alpha value is -2.28. The highest BCUT2D eigenvalue weighted by molar-refractivity contribution is 5.51. The lowest BCUT2D eigenvalue weighted by atomic mass is 10.1. The van der Waals surface area contributed by atoms with Crippen molar-refractivity contribution in [3.05, 3.63) is 29.8 Å². The zero-order valence-electron chi connectivity index (χ0n) is 11.2. The third-order valence-electron chi connectivity index (χ3n) is 3.22. The Labute approximate surface area is 116 Å². The number of hydrogen-bond donors (Lipinski definition) is 2. The first-order valence-electron chi connectivity index (χ1n) is 6.39. The molecule has 20 heavy (non-hydrogen) atoms. The number of ether oxygens (including phenoxy) is 2. The Morgan fingerprint density at radius 2 is 2.15 bits per heavy atom. The van der Waals surface area contributed by atoms with Gasteiger partial charge in [-0.1, -0.05) is 0 Å². The van der Waals surface area contributed by atoms with Crippen LogP contribution in [0, 0.1) is 0 Å². The van der Waals surface area contributed by atoms with Crippen LogP contribution in [0.25, 0.3) is 0 Å². The van der Waals surface area contributed by atoms with Gasteiger partial charge in [-0.2, -0.15) is 0 Å². The van der Waals surface area contributed by atoms with Crippen molar-refractivity contribution in [1.29, 1.82) is 0 Å². The highest BCUT2D eigenvalue weighted by Gasteiger charge is 2.16. The summed E-state index contributed by atoms with van der Waals surface area (Å²) in [5.41, 5.74) is 0.784. The van der Waals surface area contributed by atoms with Crippen molar-refractivity contribution < 1.29 is 14.6 Å². The fraction of sp³-hybridized carbons (Fsp3) is 0.385. The number of phenolic OH excluding ortho intramolecular Hbond substituents is 1. The first-order chi connectivity index (χ1) is 9.74. The number of rotatable bonds is 5. The van der Waals surface area contributed by atoms with Crippen LogP contribution in [-0.2, 0) is 20.0 Å². The van der Waals surface area contributed by atoms with Gasteiger partial charge in [-0.05, 0) is 6.07 Å². The van der Waals surface area contributed by atoms with Crippen molar-refractivity contribution >= 4 is 0 Å². The van der Waals surface area contributed by atoms with Crippen molar-refractivity contribution in [3.8, 4) is 17.2 Å². The molecular weight excluding hydrogens is 260 g/mol. The zero-order valence-corrected chi connectivity index (χ0v) is 11.2. The number of phenols is 1. The minimum atomic E-state index is 0.206. The van der Waals surface area contributed by atoms with Gasteiger partial charge in [-0.3, -0.25) is 0 Å². The lowest BCUT2D eigenvalue weighted by Gasteiger charge is -2.08. The predicted molar refractivity (Wildman–Crippen MR) is 70.6 cm³/mol. The van der Waals surface area contributed by atoms with Crippen LogP contribution in [0.2, 0.25) is 0 Å². The quantitative estimate of drug-likeness (QED) is 0.778. The molecule has 2 aromatic rings. The van der Waals surface area contributed by atoms with Gasteiger partial charge in [0.15, 0.2) is 11.5 Å². The summed E-state index contributed by atoms with van der Waals surface area (Å²) in [6, 6.07) is 3.38. The summed E-state index contributed by atoms with van der Waals surface area (Å²) in [5.74, 6) is 2.39. The molecule has 0 atom stereocenters. The van der Waals surface area contributed by atoms with Gasteiger partial charge < -0.3 is 24.5 Å². The minimum absolute atomic E-state index is 0.206. The second kappa shape index (κ2) is 5.38. The molecule has 0 saturated carbocycles. The molecule has 1 aliphatic rings. The molecule has 0 bridgehead atoms. The summed E-state index contributed by atoms with van der Waals surface area (Å²) in [7, 11) is 1.92. The summed E-state index contributed by atoms with van der Waals surface area (Å²) < 4.78 is 12.4. The maximum absolute atomic E-state index is 9.90. The van der Waals surface area contributed by atoms with Crippen LogP contribution in [0.15, 0.2) is 18.5 Å². The first kappa shape index (κ1) is 12.7. The number of benzene rings is 1. The molecule has 0 aliphatic carbocycles. The van der Waals surface area contributed by atoms with E-state index in [-0.39, 0.29) is 12.5 Å². The second-order valence-electron chi connectivity index (χ2n) is 4.62. The fourth-order valence-corrected chi connectivity index (χ4v) is 2.07. The van der Waals surface area contributed by atoms with E-state index in [0.29, 0.717) is 18.0 Å². The lowest BCUT2D eigenvalue weighted by Crippen LogP contribution is -2.18. The highest BCUT2D eigenvalue weighted by Crippen LogP contribution is 2.37. The molecular formula is C13H16N4O3. The van der Waals surface area contributed by atoms with E-state index in [2.05, 4.69) is 15.5 Å². The Morgan fingerprint density at radius 1 is 1.35 bits per heavy atom. The van der Waals surface area contributed by atoms with E-state index in [9.17, 15) is 5.11 Å². The van der Waals surface area contributed by atoms with Crippen LogP contribution in [0.4, 0.5) is 0 Å². The van der Waals surface area contributed by atoms with E-state index in [1.165, 1.54) is 0 Å². The molecule has 3 rings (SSSR count). The predicted octanol–water partition coefficient (Wildman–Crippen LogP) is 0.582. The first-order valence-corrected chi connectivity index (χ1v) is 6.39. The Balaban J connectivity index is 1.55. The molecule has 2 N–H and O–H groups in total. The van der Waals surface area contributed by atoms with Gasteiger partial charge in [0.2, 0.25) is 6.79 Å². The largest absolute Gasteiger partial charge is 0.507 e. The second-order valence-corrected chi connectivity index (χ2v) is 4.62. The van der Waals surface area contributed by atoms with Crippen LogP contribution >= 0.6 is 0 Å². The van der Waals surface area contributed by atoms with Crippen LogP contribution in [0.1, 0.15) is 11.4 Å². The lowest BCUT2D eigenvalue weighted by molar-refractivity contribution is 0.174. The number of nitrogens with zero attached hydrogens (tertiary/aromatic N) is 3. The molecule has 0 unspecified atom stereocenters. The molecule has 7 heteroatoms. The van der Waals surface area contributed by atoms with Gasteiger partial charge in [0.25, 0.3) is 0 Å². The van der Waals surface area contributed by atoms with E-state index in [0.717, 1.165) is 24.4 Å². The molecule has 1 aliphatic heterocycles. The topological polar surface area (TPSA) is 81.4 Å². The molecule has 0 spiro atoms. The van der Waals surface area contributed by atoms with Gasteiger partial charge in [0.1, 0.15) is 17.9 Å². The van der Waals surface area contributed by atoms with Crippen molar-refractivity contribution in [2.24, 2.45) is 7.05 Å². The number of aromatic nitrogens is 3. The summed E-state index contributed by atoms with van der Waals surface area (Å²) >= 11 is 0. The molecule has 106 valence electrons. The van der Waals surface area contributed by atoms with Crippen LogP contribution in [0.3, 0.4) is 0 Å². The molecule has 7 nitrogen and oxygen atoms in total. The number of aryl methyl sites for hydroxylation is 1. The average Bonchev–Trinajstić information content (AvgIpc) is 3.03. The van der Waals surface area contributed by atoms with Gasteiger partial charge in [0, 0.05) is 38.2 Å². The highest BCUT2D eigenvalue weighted by atomic mass is 16.7. The Kier molecular flexibility index (Phi) is 3.42. The summed E-state index contributed by atoms with van der Waals surface area (Å²) in [6.45, 7) is 1.51. The smallest absolute Gasteiger partial charge is 0.231 e. The number of hydrogen-bond acceptors (Lipinski definition) is 6. The van der Waals surface area contributed by atoms with E-state index < -0.39 is 0 Å². The molecule has 1 aromatic heterocycles. The van der Waals surface area contributed by atoms with E-state index >= 15 is 0 Å². The summed E-state index contributed by atoms with van der Waals surface area (Å²) in [5, 5.41) is 21.0. The molecule has 0 saturated heterocycles. The third kappa shape index (κ3) is 2.53. The molecule has 0 fully saturated rings. The van der Waals surface area contributed by atoms with Crippen molar-refractivity contribution in [3.63, 3.8) is 0 Å². The van der Waals surface area contributed by atoms with E-state index in [1.807, 2.05) is 11.6 Å². The monoisotopic (exact) mass is 276 g/mol. The molecule has 0 radical (unpaired) electrons. The third-order valence-corrected chi connectivity index (χ3v) is 3.22. The molecule has 2 heterocycles. The Morgan fingerprint density at radius 3 is 2.90 bits per heavy atom. The summed E-state index contributed by atoms with van der Waals surface area (Å²) in [4.78, 5) is 0. The van der Waals surface area contributed by atoms with Gasteiger partial charge in [0.05, 0.1) is 0 Å². The standard InChI is InChI=1S/C13H16N4O3/c1-17-7-15-16-13(17)2-3-14-6-9-4-11-12(5-10(9)18)20-8-19-11/h4-5,7,14,18H,2-3,6,8H2,1H3. The van der Waals surface area contributed by atoms with Crippen molar-refractivity contribution in [1.82, 2.24) is 20.1 Å². The maximum atomic E-state index is 9.90. The minimum Gasteiger partial charge on any atom is -0.507 e.